The first kappa shape index (κ1) is 11.7. The van der Waals surface area contributed by atoms with Gasteiger partial charge in [0, 0.05) is 18.1 Å². The first-order valence-corrected chi connectivity index (χ1v) is 5.37. The summed E-state index contributed by atoms with van der Waals surface area (Å²) in [5, 5.41) is 18.6. The van der Waals surface area contributed by atoms with Crippen molar-refractivity contribution in [3.63, 3.8) is 0 Å². The summed E-state index contributed by atoms with van der Waals surface area (Å²) >= 11 is 5.65. The number of phenols is 1. The summed E-state index contributed by atoms with van der Waals surface area (Å²) in [5.41, 5.74) is 0.137. The average Bonchev–Trinajstić information content (AvgIpc) is 2.13. The molecule has 2 N–H and O–H groups in total. The van der Waals surface area contributed by atoms with Crippen LogP contribution in [-0.4, -0.2) is 40.1 Å². The second kappa shape index (κ2) is 4.25. The molecule has 1 aromatic carbocycles. The number of benzene rings is 1. The number of nitrogens with zero attached hydrogens (tertiary/aromatic N) is 1. The van der Waals surface area contributed by atoms with Gasteiger partial charge < -0.3 is 15.1 Å². The highest BCUT2D eigenvalue weighted by Crippen LogP contribution is 2.26. The molecule has 1 saturated heterocycles. The lowest BCUT2D eigenvalue weighted by Crippen LogP contribution is -2.53. The minimum atomic E-state index is -0.908. The Morgan fingerprint density at radius 3 is 2.53 bits per heavy atom. The Morgan fingerprint density at radius 2 is 2.00 bits per heavy atom. The van der Waals surface area contributed by atoms with Crippen LogP contribution in [0.1, 0.15) is 10.4 Å². The summed E-state index contributed by atoms with van der Waals surface area (Å²) in [4.78, 5) is 23.8. The van der Waals surface area contributed by atoms with Gasteiger partial charge in [0.2, 0.25) is 0 Å². The number of hydrogen-bond donors (Lipinski definition) is 2. The molecule has 1 heterocycles. The Bertz CT molecular complexity index is 482. The largest absolute Gasteiger partial charge is 0.507 e. The van der Waals surface area contributed by atoms with Gasteiger partial charge in [-0.3, -0.25) is 9.59 Å². The van der Waals surface area contributed by atoms with Crippen LogP contribution in [0.3, 0.4) is 0 Å². The molecule has 0 spiro atoms. The van der Waals surface area contributed by atoms with Crippen LogP contribution in [0.4, 0.5) is 0 Å². The van der Waals surface area contributed by atoms with Crippen LogP contribution in [0, 0.1) is 5.92 Å². The lowest BCUT2D eigenvalue weighted by atomic mass is 9.99. The molecule has 0 bridgehead atoms. The van der Waals surface area contributed by atoms with E-state index in [1.165, 1.54) is 23.1 Å². The van der Waals surface area contributed by atoms with E-state index < -0.39 is 11.9 Å². The summed E-state index contributed by atoms with van der Waals surface area (Å²) in [7, 11) is 0. The SMILES string of the molecule is O=C(O)C1CN(C(=O)c2ccc(Cl)cc2O)C1. The summed E-state index contributed by atoms with van der Waals surface area (Å²) in [5.74, 6) is -1.99. The minimum Gasteiger partial charge on any atom is -0.507 e. The van der Waals surface area contributed by atoms with Gasteiger partial charge in [-0.15, -0.1) is 0 Å². The van der Waals surface area contributed by atoms with Crippen molar-refractivity contribution in [2.24, 2.45) is 5.92 Å². The van der Waals surface area contributed by atoms with Gasteiger partial charge in [-0.25, -0.2) is 0 Å². The number of hydrogen-bond acceptors (Lipinski definition) is 3. The van der Waals surface area contributed by atoms with Gasteiger partial charge in [0.05, 0.1) is 11.5 Å². The number of aromatic hydroxyl groups is 1. The second-order valence-electron chi connectivity index (χ2n) is 3.91. The molecule has 1 fully saturated rings. The normalized spacial score (nSPS) is 15.5. The van der Waals surface area contributed by atoms with E-state index in [1.807, 2.05) is 0 Å². The number of aliphatic carboxylic acids is 1. The van der Waals surface area contributed by atoms with Crippen LogP contribution in [-0.2, 0) is 4.79 Å². The highest BCUT2D eigenvalue weighted by atomic mass is 35.5. The van der Waals surface area contributed by atoms with Gasteiger partial charge in [0.1, 0.15) is 5.75 Å². The molecule has 5 nitrogen and oxygen atoms in total. The van der Waals surface area contributed by atoms with Gasteiger partial charge in [-0.1, -0.05) is 11.6 Å². The van der Waals surface area contributed by atoms with Crippen molar-refractivity contribution < 1.29 is 19.8 Å². The van der Waals surface area contributed by atoms with E-state index in [9.17, 15) is 14.7 Å². The fourth-order valence-electron chi connectivity index (χ4n) is 1.66. The Balaban J connectivity index is 2.09. The van der Waals surface area contributed by atoms with Crippen molar-refractivity contribution >= 4 is 23.5 Å². The third-order valence-electron chi connectivity index (χ3n) is 2.71. The predicted molar refractivity (Wildman–Crippen MR) is 60.1 cm³/mol. The van der Waals surface area contributed by atoms with Crippen molar-refractivity contribution in [1.82, 2.24) is 4.90 Å². The zero-order chi connectivity index (χ0) is 12.6. The molecule has 90 valence electrons. The number of carbonyl (C=O) groups is 2. The van der Waals surface area contributed by atoms with Crippen molar-refractivity contribution in [3.8, 4) is 5.75 Å². The number of carboxylic acids is 1. The maximum absolute atomic E-state index is 11.9. The predicted octanol–water partition coefficient (Wildman–Crippen LogP) is 1.20. The van der Waals surface area contributed by atoms with Gasteiger partial charge in [0.25, 0.3) is 5.91 Å². The molecular formula is C11H10ClNO4. The fraction of sp³-hybridized carbons (Fsp3) is 0.273. The number of carbonyl (C=O) groups excluding carboxylic acids is 1. The van der Waals surface area contributed by atoms with E-state index in [1.54, 1.807) is 0 Å². The lowest BCUT2D eigenvalue weighted by Gasteiger charge is -2.36. The highest BCUT2D eigenvalue weighted by molar-refractivity contribution is 6.30. The lowest BCUT2D eigenvalue weighted by molar-refractivity contribution is -0.146. The topological polar surface area (TPSA) is 77.8 Å². The maximum Gasteiger partial charge on any atom is 0.310 e. The van der Waals surface area contributed by atoms with Crippen LogP contribution >= 0.6 is 11.6 Å². The van der Waals surface area contributed by atoms with E-state index in [2.05, 4.69) is 0 Å². The van der Waals surface area contributed by atoms with Gasteiger partial charge >= 0.3 is 5.97 Å². The molecule has 6 heteroatoms. The van der Waals surface area contributed by atoms with E-state index in [-0.39, 0.29) is 30.3 Å². The molecule has 0 saturated carbocycles. The molecule has 0 atom stereocenters. The summed E-state index contributed by atoms with van der Waals surface area (Å²) in [6, 6.07) is 4.21. The summed E-state index contributed by atoms with van der Waals surface area (Å²) in [6.07, 6.45) is 0. The van der Waals surface area contributed by atoms with E-state index in [0.29, 0.717) is 5.02 Å². The third-order valence-corrected chi connectivity index (χ3v) is 2.94. The number of phenolic OH excluding ortho intramolecular Hbond substituents is 1. The monoisotopic (exact) mass is 255 g/mol. The molecule has 2 rings (SSSR count). The first-order chi connectivity index (χ1) is 7.99. The number of carboxylic acid groups (broad SMARTS) is 1. The first-order valence-electron chi connectivity index (χ1n) is 4.99. The van der Waals surface area contributed by atoms with Gasteiger partial charge in [-0.05, 0) is 18.2 Å². The zero-order valence-electron chi connectivity index (χ0n) is 8.76. The quantitative estimate of drug-likeness (QED) is 0.832. The van der Waals surface area contributed by atoms with Gasteiger partial charge in [-0.2, -0.15) is 0 Å². The summed E-state index contributed by atoms with van der Waals surface area (Å²) < 4.78 is 0. The number of amides is 1. The van der Waals surface area contributed by atoms with E-state index in [4.69, 9.17) is 16.7 Å². The second-order valence-corrected chi connectivity index (χ2v) is 4.34. The molecule has 0 radical (unpaired) electrons. The Morgan fingerprint density at radius 1 is 1.35 bits per heavy atom. The standard InChI is InChI=1S/C11H10ClNO4/c12-7-1-2-8(9(14)3-7)10(15)13-4-6(5-13)11(16)17/h1-3,6,14H,4-5H2,(H,16,17). The van der Waals surface area contributed by atoms with Crippen LogP contribution in [0.5, 0.6) is 5.75 Å². The highest BCUT2D eigenvalue weighted by Gasteiger charge is 2.36. The Labute approximate surface area is 102 Å². The Kier molecular flexibility index (Phi) is 2.93. The zero-order valence-corrected chi connectivity index (χ0v) is 9.52. The fourth-order valence-corrected chi connectivity index (χ4v) is 1.82. The molecule has 0 aromatic heterocycles. The van der Waals surface area contributed by atoms with Crippen molar-refractivity contribution in [2.75, 3.05) is 13.1 Å². The number of rotatable bonds is 2. The Hall–Kier alpha value is -1.75. The van der Waals surface area contributed by atoms with Gasteiger partial charge in [0.15, 0.2) is 0 Å². The van der Waals surface area contributed by atoms with Crippen LogP contribution < -0.4 is 0 Å². The molecule has 17 heavy (non-hydrogen) atoms. The molecule has 0 unspecified atom stereocenters. The van der Waals surface area contributed by atoms with Crippen molar-refractivity contribution in [1.29, 1.82) is 0 Å². The molecular weight excluding hydrogens is 246 g/mol. The average molecular weight is 256 g/mol. The van der Waals surface area contributed by atoms with Crippen LogP contribution in [0.15, 0.2) is 18.2 Å². The minimum absolute atomic E-state index is 0.137. The smallest absolute Gasteiger partial charge is 0.310 e. The molecule has 1 aromatic rings. The third kappa shape index (κ3) is 2.19. The molecule has 1 aliphatic rings. The summed E-state index contributed by atoms with van der Waals surface area (Å²) in [6.45, 7) is 0.354. The number of likely N-dealkylation sites (tertiary alicyclic amines) is 1. The van der Waals surface area contributed by atoms with Crippen molar-refractivity contribution in [3.05, 3.63) is 28.8 Å². The number of halogens is 1. The molecule has 0 aliphatic carbocycles. The van der Waals surface area contributed by atoms with Crippen molar-refractivity contribution in [2.45, 2.75) is 0 Å². The molecule has 1 amide bonds. The molecule has 1 aliphatic heterocycles. The van der Waals surface area contributed by atoms with Crippen LogP contribution in [0.25, 0.3) is 0 Å². The van der Waals surface area contributed by atoms with E-state index in [0.717, 1.165) is 0 Å². The van der Waals surface area contributed by atoms with E-state index >= 15 is 0 Å². The maximum atomic E-state index is 11.9. The van der Waals surface area contributed by atoms with Crippen LogP contribution in [0.2, 0.25) is 5.02 Å².